The Balaban J connectivity index is 1.27. The lowest BCUT2D eigenvalue weighted by atomic mass is 9.53. The van der Waals surface area contributed by atoms with E-state index in [-0.39, 0.29) is 26.9 Å². The van der Waals surface area contributed by atoms with Gasteiger partial charge in [0.1, 0.15) is 11.6 Å². The summed E-state index contributed by atoms with van der Waals surface area (Å²) in [6.07, 6.45) is 7.03. The van der Waals surface area contributed by atoms with Crippen LogP contribution in [0.25, 0.3) is 0 Å². The van der Waals surface area contributed by atoms with E-state index in [1.54, 1.807) is 13.8 Å². The molecule has 3 N–H and O–H groups in total. The molecule has 0 spiro atoms. The normalized spacial score (nSPS) is 27.2. The Hall–Kier alpha value is -2.97. The fourth-order valence-electron chi connectivity index (χ4n) is 6.39. The van der Waals surface area contributed by atoms with Crippen molar-refractivity contribution < 1.29 is 17.7 Å². The first-order valence-electron chi connectivity index (χ1n) is 12.1. The Morgan fingerprint density at radius 2 is 1.69 bits per heavy atom. The van der Waals surface area contributed by atoms with Crippen LogP contribution in [0, 0.1) is 42.9 Å². The SMILES string of the molecule is Cc1noc(NS(=O)(=O)c2ccc(NC(=O)/C(C#N)=C(/S)NC34CC5CC(CC(C5)C3)C4)cc2)c1C. The molecule has 1 heterocycles. The number of carbonyl (C=O) groups excluding carboxylic acids is 1. The zero-order valence-corrected chi connectivity index (χ0v) is 21.9. The van der Waals surface area contributed by atoms with E-state index in [1.807, 2.05) is 6.07 Å². The lowest BCUT2D eigenvalue weighted by Crippen LogP contribution is -2.57. The molecule has 0 aliphatic heterocycles. The van der Waals surface area contributed by atoms with Crippen molar-refractivity contribution in [3.05, 3.63) is 46.1 Å². The summed E-state index contributed by atoms with van der Waals surface area (Å²) < 4.78 is 32.8. The van der Waals surface area contributed by atoms with Crippen LogP contribution in [0.3, 0.4) is 0 Å². The summed E-state index contributed by atoms with van der Waals surface area (Å²) >= 11 is 4.52. The van der Waals surface area contributed by atoms with Crippen molar-refractivity contribution in [3.8, 4) is 6.07 Å². The second kappa shape index (κ2) is 9.16. The molecule has 1 aromatic carbocycles. The van der Waals surface area contributed by atoms with E-state index >= 15 is 0 Å². The lowest BCUT2D eigenvalue weighted by molar-refractivity contribution is -0.112. The quantitative estimate of drug-likeness (QED) is 0.240. The monoisotopic (exact) mass is 527 g/mol. The van der Waals surface area contributed by atoms with Crippen molar-refractivity contribution in [3.63, 3.8) is 0 Å². The maximum Gasteiger partial charge on any atom is 0.269 e. The number of nitriles is 1. The molecule has 9 nitrogen and oxygen atoms in total. The molecule has 0 saturated heterocycles. The number of hydrogen-bond acceptors (Lipinski definition) is 8. The molecule has 1 amide bonds. The molecule has 6 rings (SSSR count). The Morgan fingerprint density at radius 1 is 1.11 bits per heavy atom. The minimum absolute atomic E-state index is 0.0108. The van der Waals surface area contributed by atoms with Crippen molar-refractivity contribution >= 4 is 40.1 Å². The van der Waals surface area contributed by atoms with Gasteiger partial charge in [-0.15, -0.1) is 12.6 Å². The third kappa shape index (κ3) is 4.72. The first-order valence-corrected chi connectivity index (χ1v) is 14.0. The number of nitrogens with zero attached hydrogens (tertiary/aromatic N) is 2. The Morgan fingerprint density at radius 3 is 2.19 bits per heavy atom. The molecule has 4 aliphatic carbocycles. The van der Waals surface area contributed by atoms with E-state index in [0.717, 1.165) is 19.3 Å². The van der Waals surface area contributed by atoms with Crippen LogP contribution in [0.4, 0.5) is 11.6 Å². The van der Waals surface area contributed by atoms with Gasteiger partial charge in [-0.25, -0.2) is 13.1 Å². The number of carbonyl (C=O) groups is 1. The molecule has 0 atom stereocenters. The first-order chi connectivity index (χ1) is 17.1. The second-order valence-corrected chi connectivity index (χ2v) is 12.6. The van der Waals surface area contributed by atoms with E-state index in [2.05, 4.69) is 33.1 Å². The molecule has 4 saturated carbocycles. The van der Waals surface area contributed by atoms with Crippen molar-refractivity contribution in [1.29, 1.82) is 5.26 Å². The van der Waals surface area contributed by atoms with Crippen LogP contribution in [0.5, 0.6) is 0 Å². The molecular weight excluding hydrogens is 498 g/mol. The molecule has 0 radical (unpaired) electrons. The van der Waals surface area contributed by atoms with Crippen LogP contribution >= 0.6 is 12.6 Å². The topological polar surface area (TPSA) is 137 Å². The fraction of sp³-hybridized carbons (Fsp3) is 0.480. The Labute approximate surface area is 216 Å². The number of benzene rings is 1. The highest BCUT2D eigenvalue weighted by Crippen LogP contribution is 2.56. The van der Waals surface area contributed by atoms with Gasteiger partial charge in [-0.3, -0.25) is 4.79 Å². The first kappa shape index (κ1) is 24.7. The predicted octanol–water partition coefficient (Wildman–Crippen LogP) is 4.25. The summed E-state index contributed by atoms with van der Waals surface area (Å²) in [5, 5.41) is 19.9. The largest absolute Gasteiger partial charge is 0.373 e. The molecule has 4 fully saturated rings. The smallest absolute Gasteiger partial charge is 0.269 e. The minimum atomic E-state index is -3.91. The van der Waals surface area contributed by atoms with E-state index in [9.17, 15) is 18.5 Å². The average molecular weight is 528 g/mol. The maximum atomic E-state index is 12.9. The Kier molecular flexibility index (Phi) is 6.29. The molecule has 4 aliphatic rings. The molecule has 36 heavy (non-hydrogen) atoms. The van der Waals surface area contributed by atoms with Crippen LogP contribution in [-0.4, -0.2) is 25.0 Å². The summed E-state index contributed by atoms with van der Waals surface area (Å²) in [6, 6.07) is 7.63. The summed E-state index contributed by atoms with van der Waals surface area (Å²) in [7, 11) is -3.91. The van der Waals surface area contributed by atoms with Crippen molar-refractivity contribution in [2.75, 3.05) is 10.0 Å². The van der Waals surface area contributed by atoms with Crippen molar-refractivity contribution in [1.82, 2.24) is 10.5 Å². The Bertz CT molecular complexity index is 1340. The van der Waals surface area contributed by atoms with Gasteiger partial charge in [-0.2, -0.15) is 5.26 Å². The molecule has 2 aromatic rings. The number of nitrogens with one attached hydrogen (secondary N) is 3. The van der Waals surface area contributed by atoms with Crippen molar-refractivity contribution in [2.45, 2.75) is 62.8 Å². The lowest BCUT2D eigenvalue weighted by Gasteiger charge is -2.57. The zero-order valence-electron chi connectivity index (χ0n) is 20.2. The number of aromatic nitrogens is 1. The highest BCUT2D eigenvalue weighted by molar-refractivity contribution is 7.92. The van der Waals surface area contributed by atoms with Crippen molar-refractivity contribution in [2.24, 2.45) is 17.8 Å². The number of rotatable bonds is 7. The summed E-state index contributed by atoms with van der Waals surface area (Å²) in [6.45, 7) is 3.42. The van der Waals surface area contributed by atoms with Gasteiger partial charge in [0.2, 0.25) is 5.88 Å². The van der Waals surface area contributed by atoms with Crippen LogP contribution in [0.15, 0.2) is 44.3 Å². The van der Waals surface area contributed by atoms with Gasteiger partial charge in [-0.05, 0) is 94.4 Å². The van der Waals surface area contributed by atoms with Gasteiger partial charge in [0, 0.05) is 16.8 Å². The number of anilines is 2. The summed E-state index contributed by atoms with van der Waals surface area (Å²) in [5.41, 5.74) is 1.37. The molecular formula is C25H29N5O4S2. The second-order valence-electron chi connectivity index (χ2n) is 10.5. The van der Waals surface area contributed by atoms with E-state index in [1.165, 1.54) is 43.5 Å². The van der Waals surface area contributed by atoms with Crippen LogP contribution < -0.4 is 15.4 Å². The van der Waals surface area contributed by atoms with Crippen LogP contribution in [0.2, 0.25) is 0 Å². The minimum Gasteiger partial charge on any atom is -0.373 e. The average Bonchev–Trinajstić information content (AvgIpc) is 3.10. The molecule has 4 bridgehead atoms. The molecule has 1 aromatic heterocycles. The number of hydrogen-bond donors (Lipinski definition) is 4. The van der Waals surface area contributed by atoms with Gasteiger partial charge >= 0.3 is 0 Å². The van der Waals surface area contributed by atoms with Gasteiger partial charge < -0.3 is 15.2 Å². The third-order valence-corrected chi connectivity index (χ3v) is 9.49. The van der Waals surface area contributed by atoms with Crippen LogP contribution in [-0.2, 0) is 14.8 Å². The van der Waals surface area contributed by atoms with Gasteiger partial charge in [-0.1, -0.05) is 5.16 Å². The summed E-state index contributed by atoms with van der Waals surface area (Å²) in [5.74, 6) is 1.60. The summed E-state index contributed by atoms with van der Waals surface area (Å²) in [4.78, 5) is 12.9. The van der Waals surface area contributed by atoms with E-state index in [4.69, 9.17) is 4.52 Å². The van der Waals surface area contributed by atoms with Gasteiger partial charge in [0.15, 0.2) is 0 Å². The number of thiol groups is 1. The predicted molar refractivity (Wildman–Crippen MR) is 138 cm³/mol. The fourth-order valence-corrected chi connectivity index (χ4v) is 7.83. The maximum absolute atomic E-state index is 12.9. The molecule has 190 valence electrons. The zero-order chi connectivity index (χ0) is 25.7. The highest BCUT2D eigenvalue weighted by atomic mass is 32.2. The third-order valence-electron chi connectivity index (χ3n) is 7.80. The van der Waals surface area contributed by atoms with E-state index in [0.29, 0.717) is 34.7 Å². The highest BCUT2D eigenvalue weighted by Gasteiger charge is 2.51. The number of amides is 1. The van der Waals surface area contributed by atoms with E-state index < -0.39 is 15.9 Å². The standard InChI is InChI=1S/C25H29N5O4S2/c1-14-15(2)29-34-23(14)30-36(32,33)20-5-3-19(4-6-20)27-22(31)21(13-26)24(35)28-25-10-16-7-17(11-25)9-18(8-16)12-25/h3-6,16-18,28,30,35H,7-12H2,1-2H3,(H,27,31)/b24-21+. The molecule has 0 unspecified atom stereocenters. The number of sulfonamides is 1. The van der Waals surface area contributed by atoms with Gasteiger partial charge in [0.25, 0.3) is 15.9 Å². The van der Waals surface area contributed by atoms with Crippen LogP contribution in [0.1, 0.15) is 49.8 Å². The van der Waals surface area contributed by atoms with Gasteiger partial charge in [0.05, 0.1) is 15.6 Å². The molecule has 11 heteroatoms. The number of aryl methyl sites for hydroxylation is 1.